The van der Waals surface area contributed by atoms with Gasteiger partial charge in [-0.3, -0.25) is 9.67 Å². The van der Waals surface area contributed by atoms with Gasteiger partial charge in [0, 0.05) is 11.6 Å². The number of hydrogen-bond acceptors (Lipinski definition) is 2. The van der Waals surface area contributed by atoms with Crippen LogP contribution in [0.1, 0.15) is 39.7 Å². The van der Waals surface area contributed by atoms with Gasteiger partial charge in [-0.25, -0.2) is 0 Å². The maximum atomic E-state index is 5.37. The van der Waals surface area contributed by atoms with E-state index in [-0.39, 0.29) is 0 Å². The zero-order chi connectivity index (χ0) is 13.8. The van der Waals surface area contributed by atoms with E-state index >= 15 is 0 Å². The van der Waals surface area contributed by atoms with Crippen molar-refractivity contribution in [3.05, 3.63) is 35.1 Å². The fourth-order valence-electron chi connectivity index (χ4n) is 2.21. The van der Waals surface area contributed by atoms with Crippen molar-refractivity contribution < 1.29 is 0 Å². The van der Waals surface area contributed by atoms with Crippen LogP contribution in [0.25, 0.3) is 11.4 Å². The fraction of sp³-hybridized carbons (Fsp3) is 0.467. The molecule has 1 aromatic heterocycles. The van der Waals surface area contributed by atoms with Crippen LogP contribution in [0.15, 0.2) is 30.3 Å². The Morgan fingerprint density at radius 3 is 2.47 bits per heavy atom. The van der Waals surface area contributed by atoms with Gasteiger partial charge in [0.25, 0.3) is 0 Å². The maximum absolute atomic E-state index is 5.37. The highest BCUT2D eigenvalue weighted by molar-refractivity contribution is 7.71. The van der Waals surface area contributed by atoms with Crippen molar-refractivity contribution in [3.8, 4) is 11.4 Å². The lowest BCUT2D eigenvalue weighted by Crippen LogP contribution is -2.08. The number of aromatic nitrogens is 3. The molecule has 0 fully saturated rings. The van der Waals surface area contributed by atoms with Gasteiger partial charge in [-0.05, 0) is 37.9 Å². The van der Waals surface area contributed by atoms with Gasteiger partial charge in [0.15, 0.2) is 10.6 Å². The van der Waals surface area contributed by atoms with Gasteiger partial charge in [-0.1, -0.05) is 44.2 Å². The molecule has 1 heterocycles. The number of rotatable bonds is 5. The first-order valence-corrected chi connectivity index (χ1v) is 7.22. The molecule has 1 atom stereocenters. The van der Waals surface area contributed by atoms with Crippen molar-refractivity contribution in [2.45, 2.75) is 39.7 Å². The van der Waals surface area contributed by atoms with Gasteiger partial charge in [-0.15, -0.1) is 0 Å². The Morgan fingerprint density at radius 2 is 1.84 bits per heavy atom. The van der Waals surface area contributed by atoms with E-state index in [0.717, 1.165) is 17.8 Å². The van der Waals surface area contributed by atoms with Crippen LogP contribution in [0.2, 0.25) is 0 Å². The van der Waals surface area contributed by atoms with Crippen molar-refractivity contribution >= 4 is 12.2 Å². The van der Waals surface area contributed by atoms with E-state index in [1.165, 1.54) is 6.42 Å². The van der Waals surface area contributed by atoms with E-state index in [1.54, 1.807) is 0 Å². The van der Waals surface area contributed by atoms with Crippen molar-refractivity contribution in [1.82, 2.24) is 14.8 Å². The van der Waals surface area contributed by atoms with E-state index in [1.807, 2.05) is 18.2 Å². The van der Waals surface area contributed by atoms with Gasteiger partial charge < -0.3 is 0 Å². The zero-order valence-electron chi connectivity index (χ0n) is 11.8. The summed E-state index contributed by atoms with van der Waals surface area (Å²) in [5.41, 5.74) is 1.10. The average Bonchev–Trinajstić information content (AvgIpc) is 2.79. The molecule has 0 bridgehead atoms. The summed E-state index contributed by atoms with van der Waals surface area (Å²) < 4.78 is 2.84. The van der Waals surface area contributed by atoms with Crippen LogP contribution in [0.3, 0.4) is 0 Å². The standard InChI is InChI=1S/C15H21N3S/c1-11(2)9-10-12(3)18-14(16-17-15(18)19)13-7-5-4-6-8-13/h4-8,11-12H,9-10H2,1-3H3,(H,17,19). The topological polar surface area (TPSA) is 33.6 Å². The van der Waals surface area contributed by atoms with Crippen LogP contribution in [-0.4, -0.2) is 14.8 Å². The quantitative estimate of drug-likeness (QED) is 0.809. The SMILES string of the molecule is CC(C)CCC(C)n1c(-c2ccccc2)n[nH]c1=S. The third-order valence-electron chi connectivity index (χ3n) is 3.34. The third kappa shape index (κ3) is 3.32. The summed E-state index contributed by atoms with van der Waals surface area (Å²) in [6.07, 6.45) is 2.31. The predicted molar refractivity (Wildman–Crippen MR) is 81.6 cm³/mol. The van der Waals surface area contributed by atoms with E-state index in [4.69, 9.17) is 12.2 Å². The summed E-state index contributed by atoms with van der Waals surface area (Å²) in [5.74, 6) is 1.64. The third-order valence-corrected chi connectivity index (χ3v) is 3.63. The minimum absolute atomic E-state index is 0.365. The molecule has 3 nitrogen and oxygen atoms in total. The molecule has 0 saturated heterocycles. The van der Waals surface area contributed by atoms with Gasteiger partial charge >= 0.3 is 0 Å². The minimum atomic E-state index is 0.365. The molecular weight excluding hydrogens is 254 g/mol. The largest absolute Gasteiger partial charge is 0.297 e. The molecule has 0 aliphatic heterocycles. The van der Waals surface area contributed by atoms with Crippen LogP contribution in [0, 0.1) is 10.7 Å². The number of nitrogens with zero attached hydrogens (tertiary/aromatic N) is 2. The summed E-state index contributed by atoms with van der Waals surface area (Å²) >= 11 is 5.37. The summed E-state index contributed by atoms with van der Waals surface area (Å²) in [6, 6.07) is 10.6. The maximum Gasteiger partial charge on any atom is 0.195 e. The van der Waals surface area contributed by atoms with Crippen molar-refractivity contribution in [1.29, 1.82) is 0 Å². The molecule has 4 heteroatoms. The Balaban J connectivity index is 2.30. The van der Waals surface area contributed by atoms with Crippen molar-refractivity contribution in [2.75, 3.05) is 0 Å². The van der Waals surface area contributed by atoms with Crippen LogP contribution in [0.4, 0.5) is 0 Å². The molecule has 0 amide bonds. The van der Waals surface area contributed by atoms with E-state index in [9.17, 15) is 0 Å². The first-order valence-electron chi connectivity index (χ1n) is 6.82. The molecule has 0 radical (unpaired) electrons. The van der Waals surface area contributed by atoms with Gasteiger partial charge in [-0.2, -0.15) is 5.10 Å². The van der Waals surface area contributed by atoms with Crippen LogP contribution in [0.5, 0.6) is 0 Å². The molecule has 1 unspecified atom stereocenters. The molecule has 1 N–H and O–H groups in total. The molecule has 1 aromatic carbocycles. The molecule has 0 aliphatic carbocycles. The highest BCUT2D eigenvalue weighted by atomic mass is 32.1. The summed E-state index contributed by atoms with van der Waals surface area (Å²) in [7, 11) is 0. The lowest BCUT2D eigenvalue weighted by atomic mass is 10.0. The number of aromatic amines is 1. The monoisotopic (exact) mass is 275 g/mol. The lowest BCUT2D eigenvalue weighted by Gasteiger charge is -2.16. The Labute approximate surface area is 119 Å². The van der Waals surface area contributed by atoms with Gasteiger partial charge in [0.1, 0.15) is 0 Å². The Morgan fingerprint density at radius 1 is 1.16 bits per heavy atom. The van der Waals surface area contributed by atoms with Crippen molar-refractivity contribution in [2.24, 2.45) is 5.92 Å². The normalized spacial score (nSPS) is 12.8. The summed E-state index contributed by atoms with van der Waals surface area (Å²) in [5, 5.41) is 7.30. The second-order valence-corrected chi connectivity index (χ2v) is 5.80. The van der Waals surface area contributed by atoms with Crippen LogP contribution < -0.4 is 0 Å². The highest BCUT2D eigenvalue weighted by Gasteiger charge is 2.14. The lowest BCUT2D eigenvalue weighted by molar-refractivity contribution is 0.438. The number of hydrogen-bond donors (Lipinski definition) is 1. The Kier molecular flexibility index (Phi) is 4.53. The first-order chi connectivity index (χ1) is 9.09. The molecular formula is C15H21N3S. The first kappa shape index (κ1) is 14.0. The van der Waals surface area contributed by atoms with E-state index in [0.29, 0.717) is 16.7 Å². The highest BCUT2D eigenvalue weighted by Crippen LogP contribution is 2.24. The summed E-state index contributed by atoms with van der Waals surface area (Å²) in [6.45, 7) is 6.71. The smallest absolute Gasteiger partial charge is 0.195 e. The number of nitrogens with one attached hydrogen (secondary N) is 1. The van der Waals surface area contributed by atoms with Crippen LogP contribution >= 0.6 is 12.2 Å². The van der Waals surface area contributed by atoms with Crippen molar-refractivity contribution in [3.63, 3.8) is 0 Å². The van der Waals surface area contributed by atoms with Crippen LogP contribution in [-0.2, 0) is 0 Å². The van der Waals surface area contributed by atoms with Gasteiger partial charge in [0.05, 0.1) is 0 Å². The molecule has 0 saturated carbocycles. The predicted octanol–water partition coefficient (Wildman–Crippen LogP) is 4.60. The average molecular weight is 275 g/mol. The second kappa shape index (κ2) is 6.15. The minimum Gasteiger partial charge on any atom is -0.297 e. The van der Waals surface area contributed by atoms with E-state index < -0.39 is 0 Å². The van der Waals surface area contributed by atoms with Gasteiger partial charge in [0.2, 0.25) is 0 Å². The molecule has 0 spiro atoms. The Hall–Kier alpha value is -1.42. The number of benzene rings is 1. The zero-order valence-corrected chi connectivity index (χ0v) is 12.6. The molecule has 2 rings (SSSR count). The van der Waals surface area contributed by atoms with E-state index in [2.05, 4.69) is 47.7 Å². The fourth-order valence-corrected chi connectivity index (χ4v) is 2.52. The molecule has 19 heavy (non-hydrogen) atoms. The molecule has 2 aromatic rings. The molecule has 102 valence electrons. The second-order valence-electron chi connectivity index (χ2n) is 5.41. The Bertz CT molecular complexity index is 569. The number of H-pyrrole nitrogens is 1. The molecule has 0 aliphatic rings. The summed E-state index contributed by atoms with van der Waals surface area (Å²) in [4.78, 5) is 0.